The second-order valence-corrected chi connectivity index (χ2v) is 7.32. The number of aromatic nitrogens is 1. The van der Waals surface area contributed by atoms with E-state index in [-0.39, 0.29) is 23.2 Å². The summed E-state index contributed by atoms with van der Waals surface area (Å²) in [6.45, 7) is 2.17. The number of amides is 3. The molecule has 1 atom stereocenters. The average molecular weight is 368 g/mol. The number of hydrogen-bond acceptors (Lipinski definition) is 3. The van der Waals surface area contributed by atoms with Gasteiger partial charge >= 0.3 is 6.03 Å². The minimum atomic E-state index is -0.322. The molecule has 0 aliphatic carbocycles. The van der Waals surface area contributed by atoms with Crippen LogP contribution in [0.2, 0.25) is 0 Å². The number of pyridine rings is 1. The van der Waals surface area contributed by atoms with Crippen LogP contribution in [-0.4, -0.2) is 41.5 Å². The maximum Gasteiger partial charge on any atom is 0.317 e. The van der Waals surface area contributed by atoms with Crippen molar-refractivity contribution in [3.8, 4) is 0 Å². The lowest BCUT2D eigenvalue weighted by Crippen LogP contribution is -2.40. The number of carbonyl (C=O) groups excluding carboxylic acids is 2. The summed E-state index contributed by atoms with van der Waals surface area (Å²) in [5.74, 6) is -0.295. The van der Waals surface area contributed by atoms with E-state index in [1.807, 2.05) is 12.1 Å². The Kier molecular flexibility index (Phi) is 4.51. The Hall–Kier alpha value is -2.96. The lowest BCUT2D eigenvalue weighted by atomic mass is 9.86. The SMILES string of the molecule is O=C(NCc1cccnc1)N1CC[C@]2(CC(=O)N(c3ccc(F)cc3)C2)C1. The lowest BCUT2D eigenvalue weighted by molar-refractivity contribution is -0.117. The molecule has 1 N–H and O–H groups in total. The summed E-state index contributed by atoms with van der Waals surface area (Å²) in [6.07, 6.45) is 4.62. The Morgan fingerprint density at radius 1 is 1.22 bits per heavy atom. The van der Waals surface area contributed by atoms with Crippen LogP contribution >= 0.6 is 0 Å². The van der Waals surface area contributed by atoms with E-state index in [9.17, 15) is 14.0 Å². The zero-order valence-corrected chi connectivity index (χ0v) is 14.9. The molecule has 2 aromatic rings. The van der Waals surface area contributed by atoms with Gasteiger partial charge in [0.2, 0.25) is 5.91 Å². The standard InChI is InChI=1S/C20H21FN4O2/c21-16-3-5-17(6-4-16)25-14-20(10-18(25)26)7-9-24(13-20)19(27)23-12-15-2-1-8-22-11-15/h1-6,8,11H,7,9-10,12-14H2,(H,23,27)/t20-/m0/s1. The fourth-order valence-electron chi connectivity index (χ4n) is 3.93. The van der Waals surface area contributed by atoms with Crippen LogP contribution in [0, 0.1) is 11.2 Å². The van der Waals surface area contributed by atoms with Crippen molar-refractivity contribution in [3.05, 3.63) is 60.2 Å². The number of rotatable bonds is 3. The largest absolute Gasteiger partial charge is 0.334 e. The number of carbonyl (C=O) groups is 2. The van der Waals surface area contributed by atoms with E-state index >= 15 is 0 Å². The summed E-state index contributed by atoms with van der Waals surface area (Å²) in [7, 11) is 0. The van der Waals surface area contributed by atoms with Crippen LogP contribution in [0.15, 0.2) is 48.8 Å². The Morgan fingerprint density at radius 3 is 2.78 bits per heavy atom. The molecule has 4 rings (SSSR count). The smallest absolute Gasteiger partial charge is 0.317 e. The van der Waals surface area contributed by atoms with Crippen LogP contribution < -0.4 is 10.2 Å². The first kappa shape index (κ1) is 17.5. The fraction of sp³-hybridized carbons (Fsp3) is 0.350. The van der Waals surface area contributed by atoms with Crippen LogP contribution in [0.3, 0.4) is 0 Å². The van der Waals surface area contributed by atoms with Crippen LogP contribution in [0.25, 0.3) is 0 Å². The number of nitrogens with one attached hydrogen (secondary N) is 1. The molecular formula is C20H21FN4O2. The molecule has 2 saturated heterocycles. The predicted molar refractivity (Wildman–Crippen MR) is 98.5 cm³/mol. The minimum Gasteiger partial charge on any atom is -0.334 e. The van der Waals surface area contributed by atoms with Gasteiger partial charge in [-0.3, -0.25) is 9.78 Å². The molecule has 1 aromatic heterocycles. The molecular weight excluding hydrogens is 347 g/mol. The maximum atomic E-state index is 13.1. The first-order valence-corrected chi connectivity index (χ1v) is 9.02. The summed E-state index contributed by atoms with van der Waals surface area (Å²) in [5.41, 5.74) is 1.42. The van der Waals surface area contributed by atoms with Crippen molar-refractivity contribution in [2.45, 2.75) is 19.4 Å². The minimum absolute atomic E-state index is 0.0271. The van der Waals surface area contributed by atoms with E-state index in [1.54, 1.807) is 34.3 Å². The number of likely N-dealkylation sites (tertiary alicyclic amines) is 1. The number of hydrogen-bond donors (Lipinski definition) is 1. The van der Waals surface area contributed by atoms with Crippen molar-refractivity contribution in [1.29, 1.82) is 0 Å². The zero-order valence-electron chi connectivity index (χ0n) is 14.9. The predicted octanol–water partition coefficient (Wildman–Crippen LogP) is 2.56. The molecule has 2 aliphatic rings. The second-order valence-electron chi connectivity index (χ2n) is 7.32. The Bertz CT molecular complexity index is 843. The van der Waals surface area contributed by atoms with Gasteiger partial charge in [-0.2, -0.15) is 0 Å². The van der Waals surface area contributed by atoms with Crippen LogP contribution in [-0.2, 0) is 11.3 Å². The molecule has 140 valence electrons. The normalized spacial score (nSPS) is 21.9. The van der Waals surface area contributed by atoms with Crippen molar-refractivity contribution >= 4 is 17.6 Å². The van der Waals surface area contributed by atoms with Crippen molar-refractivity contribution < 1.29 is 14.0 Å². The number of nitrogens with zero attached hydrogens (tertiary/aromatic N) is 3. The molecule has 6 nitrogen and oxygen atoms in total. The summed E-state index contributed by atoms with van der Waals surface area (Å²) in [6, 6.07) is 9.60. The van der Waals surface area contributed by atoms with Gasteiger partial charge in [-0.25, -0.2) is 9.18 Å². The summed E-state index contributed by atoms with van der Waals surface area (Å²) in [5, 5.41) is 2.91. The monoisotopic (exact) mass is 368 g/mol. The highest BCUT2D eigenvalue weighted by Gasteiger charge is 2.48. The third-order valence-corrected chi connectivity index (χ3v) is 5.35. The van der Waals surface area contributed by atoms with Gasteiger partial charge in [-0.1, -0.05) is 6.07 Å². The van der Waals surface area contributed by atoms with Gasteiger partial charge in [0, 0.05) is 56.1 Å². The van der Waals surface area contributed by atoms with Gasteiger partial charge in [0.25, 0.3) is 0 Å². The number of halogens is 1. The third-order valence-electron chi connectivity index (χ3n) is 5.35. The second kappa shape index (κ2) is 6.98. The van der Waals surface area contributed by atoms with E-state index in [0.717, 1.165) is 12.0 Å². The van der Waals surface area contributed by atoms with E-state index < -0.39 is 0 Å². The van der Waals surface area contributed by atoms with Gasteiger partial charge in [0.05, 0.1) is 0 Å². The molecule has 0 saturated carbocycles. The summed E-state index contributed by atoms with van der Waals surface area (Å²) < 4.78 is 13.1. The molecule has 0 unspecified atom stereocenters. The van der Waals surface area contributed by atoms with Crippen molar-refractivity contribution in [1.82, 2.24) is 15.2 Å². The number of benzene rings is 1. The molecule has 2 fully saturated rings. The Morgan fingerprint density at radius 2 is 2.04 bits per heavy atom. The lowest BCUT2D eigenvalue weighted by Gasteiger charge is -2.24. The molecule has 27 heavy (non-hydrogen) atoms. The summed E-state index contributed by atoms with van der Waals surface area (Å²) >= 11 is 0. The Balaban J connectivity index is 1.37. The van der Waals surface area contributed by atoms with Gasteiger partial charge in [-0.15, -0.1) is 0 Å². The third kappa shape index (κ3) is 3.63. The van der Waals surface area contributed by atoms with Crippen molar-refractivity contribution in [2.75, 3.05) is 24.5 Å². The molecule has 0 radical (unpaired) electrons. The van der Waals surface area contributed by atoms with Crippen LogP contribution in [0.5, 0.6) is 0 Å². The van der Waals surface area contributed by atoms with Crippen molar-refractivity contribution in [3.63, 3.8) is 0 Å². The Labute approximate surface area is 157 Å². The van der Waals surface area contributed by atoms with Gasteiger partial charge in [0.15, 0.2) is 0 Å². The maximum absolute atomic E-state index is 13.1. The van der Waals surface area contributed by atoms with Gasteiger partial charge < -0.3 is 15.1 Å². The zero-order chi connectivity index (χ0) is 18.9. The highest BCUT2D eigenvalue weighted by Crippen LogP contribution is 2.41. The fourth-order valence-corrected chi connectivity index (χ4v) is 3.93. The molecule has 1 spiro atoms. The van der Waals surface area contributed by atoms with E-state index in [4.69, 9.17) is 0 Å². The topological polar surface area (TPSA) is 65.5 Å². The molecule has 0 bridgehead atoms. The highest BCUT2D eigenvalue weighted by molar-refractivity contribution is 5.96. The first-order valence-electron chi connectivity index (χ1n) is 9.02. The molecule has 1 aromatic carbocycles. The quantitative estimate of drug-likeness (QED) is 0.906. The first-order chi connectivity index (χ1) is 13.0. The van der Waals surface area contributed by atoms with E-state index in [2.05, 4.69) is 10.3 Å². The van der Waals surface area contributed by atoms with Crippen LogP contribution in [0.4, 0.5) is 14.9 Å². The van der Waals surface area contributed by atoms with Gasteiger partial charge in [-0.05, 0) is 42.3 Å². The van der Waals surface area contributed by atoms with Crippen molar-refractivity contribution in [2.24, 2.45) is 5.41 Å². The number of anilines is 1. The number of urea groups is 1. The highest BCUT2D eigenvalue weighted by atomic mass is 19.1. The molecule has 3 heterocycles. The van der Waals surface area contributed by atoms with Crippen LogP contribution in [0.1, 0.15) is 18.4 Å². The van der Waals surface area contributed by atoms with E-state index in [1.165, 1.54) is 12.1 Å². The molecule has 3 amide bonds. The van der Waals surface area contributed by atoms with E-state index in [0.29, 0.717) is 38.3 Å². The summed E-state index contributed by atoms with van der Waals surface area (Å²) in [4.78, 5) is 32.5. The average Bonchev–Trinajstić information content (AvgIpc) is 3.24. The van der Waals surface area contributed by atoms with Gasteiger partial charge in [0.1, 0.15) is 5.82 Å². The molecule has 7 heteroatoms. The molecule has 2 aliphatic heterocycles.